The van der Waals surface area contributed by atoms with Crippen LogP contribution >= 0.6 is 0 Å². The summed E-state index contributed by atoms with van der Waals surface area (Å²) in [4.78, 5) is 20.4. The summed E-state index contributed by atoms with van der Waals surface area (Å²) in [5.74, 6) is 1.07. The zero-order chi connectivity index (χ0) is 24.3. The molecule has 1 aliphatic rings. The average Bonchev–Trinajstić information content (AvgIpc) is 3.39. The van der Waals surface area contributed by atoms with E-state index in [1.165, 1.54) is 0 Å². The van der Waals surface area contributed by atoms with Crippen LogP contribution in [0.4, 0.5) is 0 Å². The van der Waals surface area contributed by atoms with Gasteiger partial charge < -0.3 is 9.72 Å². The van der Waals surface area contributed by atoms with Gasteiger partial charge in [0, 0.05) is 36.4 Å². The maximum atomic E-state index is 13.4. The van der Waals surface area contributed by atoms with Gasteiger partial charge in [-0.05, 0) is 48.2 Å². The Morgan fingerprint density at radius 3 is 2.40 bits per heavy atom. The molecule has 7 heteroatoms. The van der Waals surface area contributed by atoms with Crippen molar-refractivity contribution in [1.29, 1.82) is 0 Å². The number of carbonyl (C=O) groups is 1. The summed E-state index contributed by atoms with van der Waals surface area (Å²) in [5, 5.41) is 0. The van der Waals surface area contributed by atoms with E-state index in [2.05, 4.69) is 9.97 Å². The van der Waals surface area contributed by atoms with Gasteiger partial charge in [-0.2, -0.15) is 0 Å². The van der Waals surface area contributed by atoms with Crippen molar-refractivity contribution in [2.45, 2.75) is 42.4 Å². The first-order chi connectivity index (χ1) is 17.0. The predicted molar refractivity (Wildman–Crippen MR) is 133 cm³/mol. The van der Waals surface area contributed by atoms with Gasteiger partial charge in [-0.3, -0.25) is 4.79 Å². The molecule has 0 unspecified atom stereocenters. The van der Waals surface area contributed by atoms with Crippen LogP contribution in [0.25, 0.3) is 0 Å². The number of ether oxygens (including phenoxy) is 1. The number of imidazole rings is 1. The average molecular weight is 487 g/mol. The number of rotatable bonds is 8. The molecule has 5 rings (SSSR count). The smallest absolute Gasteiger partial charge is 0.182 e. The number of sulfone groups is 1. The topological polar surface area (TPSA) is 89.1 Å². The fourth-order valence-corrected chi connectivity index (χ4v) is 6.02. The molecule has 0 spiro atoms. The monoisotopic (exact) mass is 486 g/mol. The Labute approximate surface area is 204 Å². The van der Waals surface area contributed by atoms with E-state index in [4.69, 9.17) is 4.74 Å². The lowest BCUT2D eigenvalue weighted by molar-refractivity contribution is 0.0972. The Bertz CT molecular complexity index is 1420. The Morgan fingerprint density at radius 1 is 0.943 bits per heavy atom. The Balaban J connectivity index is 1.58. The molecule has 6 nitrogen and oxygen atoms in total. The second kappa shape index (κ2) is 9.88. The lowest BCUT2D eigenvalue weighted by atomic mass is 9.87. The van der Waals surface area contributed by atoms with Gasteiger partial charge in [0.25, 0.3) is 0 Å². The number of Topliss-reactive ketones (excluding diaryl/α,β-unsaturated/α-hetero) is 1. The van der Waals surface area contributed by atoms with Crippen LogP contribution in [0.3, 0.4) is 0 Å². The molecule has 1 aromatic heterocycles. The number of aromatic nitrogens is 2. The van der Waals surface area contributed by atoms with Gasteiger partial charge >= 0.3 is 0 Å². The number of nitrogens with one attached hydrogen (secondary N) is 1. The van der Waals surface area contributed by atoms with Crippen LogP contribution in [-0.4, -0.2) is 24.2 Å². The zero-order valence-corrected chi connectivity index (χ0v) is 20.0. The molecular formula is C28H26N2O4S. The minimum atomic E-state index is -3.65. The molecule has 0 amide bonds. The molecule has 0 radical (unpaired) electrons. The Kier molecular flexibility index (Phi) is 6.51. The first-order valence-electron chi connectivity index (χ1n) is 11.7. The molecule has 178 valence electrons. The van der Waals surface area contributed by atoms with E-state index in [0.29, 0.717) is 42.6 Å². The Hall–Kier alpha value is -3.71. The number of aromatic amines is 1. The quantitative estimate of drug-likeness (QED) is 0.367. The van der Waals surface area contributed by atoms with E-state index in [-0.39, 0.29) is 16.4 Å². The van der Waals surface area contributed by atoms with E-state index >= 15 is 0 Å². The van der Waals surface area contributed by atoms with Crippen molar-refractivity contribution < 1.29 is 17.9 Å². The van der Waals surface area contributed by atoms with Crippen molar-refractivity contribution in [2.24, 2.45) is 0 Å². The number of carbonyl (C=O) groups excluding carboxylic acids is 1. The number of benzene rings is 3. The van der Waals surface area contributed by atoms with E-state index in [0.717, 1.165) is 17.0 Å². The summed E-state index contributed by atoms with van der Waals surface area (Å²) < 4.78 is 33.3. The summed E-state index contributed by atoms with van der Waals surface area (Å²) in [5.41, 5.74) is 2.90. The predicted octanol–water partition coefficient (Wildman–Crippen LogP) is 5.27. The lowest BCUT2D eigenvalue weighted by Gasteiger charge is -2.25. The molecule has 35 heavy (non-hydrogen) atoms. The largest absolute Gasteiger partial charge is 0.485 e. The summed E-state index contributed by atoms with van der Waals surface area (Å²) in [6, 6.07) is 21.7. The van der Waals surface area contributed by atoms with Crippen molar-refractivity contribution in [3.63, 3.8) is 0 Å². The fraction of sp³-hybridized carbons (Fsp3) is 0.214. The third-order valence-electron chi connectivity index (χ3n) is 6.33. The number of hydrogen-bond acceptors (Lipinski definition) is 5. The van der Waals surface area contributed by atoms with Crippen molar-refractivity contribution in [2.75, 3.05) is 0 Å². The minimum absolute atomic E-state index is 0.0476. The molecule has 4 aromatic rings. The van der Waals surface area contributed by atoms with Crippen LogP contribution in [0.5, 0.6) is 5.75 Å². The van der Waals surface area contributed by atoms with Crippen LogP contribution in [0.1, 0.15) is 51.8 Å². The highest BCUT2D eigenvalue weighted by Gasteiger charge is 2.28. The molecule has 0 saturated carbocycles. The van der Waals surface area contributed by atoms with Gasteiger partial charge in [-0.15, -0.1) is 0 Å². The van der Waals surface area contributed by atoms with Gasteiger partial charge in [0.05, 0.1) is 10.6 Å². The SMILES string of the molecule is O=C1CCCc2c1ccc(O[C@@H](Cc1ncc[nH]1)c1ccccc1)c2CS(=O)(=O)c1ccccc1. The van der Waals surface area contributed by atoms with Gasteiger partial charge in [0.1, 0.15) is 17.7 Å². The van der Waals surface area contributed by atoms with E-state index in [1.54, 1.807) is 54.9 Å². The molecule has 0 saturated heterocycles. The van der Waals surface area contributed by atoms with Crippen LogP contribution in [-0.2, 0) is 28.4 Å². The van der Waals surface area contributed by atoms with E-state index in [9.17, 15) is 13.2 Å². The summed E-state index contributed by atoms with van der Waals surface area (Å²) in [7, 11) is -3.65. The van der Waals surface area contributed by atoms with Gasteiger partial charge in [0.15, 0.2) is 15.6 Å². The third-order valence-corrected chi connectivity index (χ3v) is 7.99. The number of ketones is 1. The zero-order valence-electron chi connectivity index (χ0n) is 19.2. The van der Waals surface area contributed by atoms with Crippen LogP contribution in [0, 0.1) is 0 Å². The summed E-state index contributed by atoms with van der Waals surface area (Å²) in [6.45, 7) is 0. The fourth-order valence-electron chi connectivity index (χ4n) is 4.58. The molecule has 0 bridgehead atoms. The first kappa shape index (κ1) is 23.1. The van der Waals surface area contributed by atoms with Crippen LogP contribution in [0.2, 0.25) is 0 Å². The number of hydrogen-bond donors (Lipinski definition) is 1. The summed E-state index contributed by atoms with van der Waals surface area (Å²) in [6.07, 6.45) is 5.37. The number of H-pyrrole nitrogens is 1. The standard InChI is InChI=1S/C28H26N2O4S/c31-25-13-7-12-22-23(25)14-15-26(24(22)19-35(32,33)21-10-5-2-6-11-21)34-27(18-28-29-16-17-30-28)20-8-3-1-4-9-20/h1-6,8-11,14-17,27H,7,12-13,18-19H2,(H,29,30)/t27-/m0/s1. The highest BCUT2D eigenvalue weighted by Crippen LogP contribution is 2.36. The van der Waals surface area contributed by atoms with Gasteiger partial charge in [0.2, 0.25) is 0 Å². The maximum absolute atomic E-state index is 13.4. The highest BCUT2D eigenvalue weighted by atomic mass is 32.2. The van der Waals surface area contributed by atoms with E-state index < -0.39 is 15.9 Å². The molecule has 0 fully saturated rings. The number of nitrogens with zero attached hydrogens (tertiary/aromatic N) is 1. The first-order valence-corrected chi connectivity index (χ1v) is 13.3. The second-order valence-corrected chi connectivity index (χ2v) is 10.7. The van der Waals surface area contributed by atoms with Crippen molar-refractivity contribution in [3.8, 4) is 5.75 Å². The van der Waals surface area contributed by atoms with Crippen LogP contribution < -0.4 is 4.74 Å². The summed E-state index contributed by atoms with van der Waals surface area (Å²) >= 11 is 0. The van der Waals surface area contributed by atoms with Crippen molar-refractivity contribution >= 4 is 15.6 Å². The molecule has 3 aromatic carbocycles. The molecular weight excluding hydrogens is 460 g/mol. The highest BCUT2D eigenvalue weighted by molar-refractivity contribution is 7.90. The van der Waals surface area contributed by atoms with Gasteiger partial charge in [-0.1, -0.05) is 48.5 Å². The van der Waals surface area contributed by atoms with Gasteiger partial charge in [-0.25, -0.2) is 13.4 Å². The van der Waals surface area contributed by atoms with Crippen molar-refractivity contribution in [1.82, 2.24) is 9.97 Å². The minimum Gasteiger partial charge on any atom is -0.485 e. The van der Waals surface area contributed by atoms with Crippen molar-refractivity contribution in [3.05, 3.63) is 113 Å². The van der Waals surface area contributed by atoms with Crippen LogP contribution in [0.15, 0.2) is 90.1 Å². The molecule has 1 heterocycles. The molecule has 1 N–H and O–H groups in total. The third kappa shape index (κ3) is 5.05. The normalized spacial score (nSPS) is 14.3. The number of fused-ring (bicyclic) bond motifs is 1. The molecule has 0 aliphatic heterocycles. The second-order valence-electron chi connectivity index (χ2n) is 8.67. The van der Waals surface area contributed by atoms with E-state index in [1.807, 2.05) is 30.3 Å². The maximum Gasteiger partial charge on any atom is 0.182 e. The lowest BCUT2D eigenvalue weighted by Crippen LogP contribution is -2.19. The molecule has 1 aliphatic carbocycles. The Morgan fingerprint density at radius 2 is 1.69 bits per heavy atom. The molecule has 1 atom stereocenters.